The van der Waals surface area contributed by atoms with Crippen molar-refractivity contribution in [3.8, 4) is 5.69 Å². The lowest BCUT2D eigenvalue weighted by atomic mass is 9.78. The van der Waals surface area contributed by atoms with E-state index in [0.717, 1.165) is 25.7 Å². The van der Waals surface area contributed by atoms with Crippen LogP contribution in [0.1, 0.15) is 53.0 Å². The molecule has 0 saturated heterocycles. The molecular formula is C23H25N5O3. The van der Waals surface area contributed by atoms with Gasteiger partial charge in [0.05, 0.1) is 16.3 Å². The summed E-state index contributed by atoms with van der Waals surface area (Å²) in [6, 6.07) is 14.6. The lowest BCUT2D eigenvalue weighted by Crippen LogP contribution is -2.39. The van der Waals surface area contributed by atoms with Crippen LogP contribution in [0.4, 0.5) is 5.69 Å². The van der Waals surface area contributed by atoms with E-state index in [-0.39, 0.29) is 22.7 Å². The minimum absolute atomic E-state index is 0.0419. The van der Waals surface area contributed by atoms with E-state index in [1.165, 1.54) is 27.9 Å². The summed E-state index contributed by atoms with van der Waals surface area (Å²) >= 11 is 0. The summed E-state index contributed by atoms with van der Waals surface area (Å²) in [6.45, 7) is 4.36. The van der Waals surface area contributed by atoms with Crippen molar-refractivity contribution in [1.29, 1.82) is 0 Å². The van der Waals surface area contributed by atoms with Gasteiger partial charge in [-0.25, -0.2) is 4.68 Å². The molecule has 1 fully saturated rings. The number of aryl methyl sites for hydroxylation is 1. The molecule has 8 heteroatoms. The molecule has 0 unspecified atom stereocenters. The third-order valence-corrected chi connectivity index (χ3v) is 6.17. The molecule has 0 bridgehead atoms. The summed E-state index contributed by atoms with van der Waals surface area (Å²) in [7, 11) is 0. The maximum atomic E-state index is 12.9. The predicted molar refractivity (Wildman–Crippen MR) is 116 cm³/mol. The third-order valence-electron chi connectivity index (χ3n) is 6.17. The van der Waals surface area contributed by atoms with Crippen molar-refractivity contribution < 1.29 is 9.72 Å². The van der Waals surface area contributed by atoms with Crippen LogP contribution >= 0.6 is 0 Å². The normalized spacial score (nSPS) is 15.0. The first-order valence-corrected chi connectivity index (χ1v) is 10.4. The van der Waals surface area contributed by atoms with E-state index in [1.807, 2.05) is 0 Å². The smallest absolute Gasteiger partial charge is 0.273 e. The Labute approximate surface area is 180 Å². The molecule has 31 heavy (non-hydrogen) atoms. The molecule has 0 spiro atoms. The van der Waals surface area contributed by atoms with Crippen LogP contribution in [-0.4, -0.2) is 32.4 Å². The maximum absolute atomic E-state index is 12.9. The number of carbonyl (C=O) groups excluding carboxylic acids is 1. The fraction of sp³-hybridized carbons (Fsp3) is 0.348. The van der Waals surface area contributed by atoms with Gasteiger partial charge in [-0.15, -0.1) is 5.10 Å². The molecule has 1 aliphatic carbocycles. The van der Waals surface area contributed by atoms with Gasteiger partial charge in [-0.1, -0.05) is 54.0 Å². The Morgan fingerprint density at radius 1 is 1.16 bits per heavy atom. The van der Waals surface area contributed by atoms with Gasteiger partial charge in [0.25, 0.3) is 11.6 Å². The number of non-ortho nitro benzene ring substituents is 1. The van der Waals surface area contributed by atoms with E-state index < -0.39 is 4.92 Å². The van der Waals surface area contributed by atoms with Gasteiger partial charge in [-0.05, 0) is 38.3 Å². The molecule has 0 aliphatic heterocycles. The monoisotopic (exact) mass is 419 g/mol. The molecule has 1 aromatic heterocycles. The quantitative estimate of drug-likeness (QED) is 0.480. The number of amides is 1. The fourth-order valence-electron chi connectivity index (χ4n) is 4.45. The second-order valence-electron chi connectivity index (χ2n) is 8.25. The minimum Gasteiger partial charge on any atom is -0.350 e. The number of rotatable bonds is 6. The van der Waals surface area contributed by atoms with Crippen molar-refractivity contribution in [1.82, 2.24) is 20.3 Å². The van der Waals surface area contributed by atoms with E-state index in [0.29, 0.717) is 17.9 Å². The number of nitro benzene ring substituents is 1. The van der Waals surface area contributed by atoms with Crippen LogP contribution < -0.4 is 5.32 Å². The zero-order valence-electron chi connectivity index (χ0n) is 17.7. The Morgan fingerprint density at radius 3 is 2.61 bits per heavy atom. The van der Waals surface area contributed by atoms with Gasteiger partial charge in [0.2, 0.25) is 0 Å². The predicted octanol–water partition coefficient (Wildman–Crippen LogP) is 4.03. The summed E-state index contributed by atoms with van der Waals surface area (Å²) < 4.78 is 1.45. The van der Waals surface area contributed by atoms with E-state index in [1.54, 1.807) is 19.1 Å². The van der Waals surface area contributed by atoms with Gasteiger partial charge < -0.3 is 5.32 Å². The first-order chi connectivity index (χ1) is 14.9. The van der Waals surface area contributed by atoms with Crippen molar-refractivity contribution in [2.45, 2.75) is 44.9 Å². The highest BCUT2D eigenvalue weighted by Gasteiger charge is 2.36. The standard InChI is InChI=1S/C23H25N5O3/c1-16-7-5-8-18(13-16)23(11-3-4-12-23)15-24-22(29)21-17(2)27(26-25-21)19-9-6-10-20(14-19)28(30)31/h5-10,13-14H,3-4,11-12,15H2,1-2H3,(H,24,29). The lowest BCUT2D eigenvalue weighted by Gasteiger charge is -2.30. The molecule has 1 heterocycles. The molecule has 1 aliphatic rings. The second-order valence-corrected chi connectivity index (χ2v) is 8.25. The fourth-order valence-corrected chi connectivity index (χ4v) is 4.45. The average molecular weight is 419 g/mol. The van der Waals surface area contributed by atoms with Gasteiger partial charge in [0, 0.05) is 24.1 Å². The van der Waals surface area contributed by atoms with Crippen molar-refractivity contribution in [2.24, 2.45) is 0 Å². The van der Waals surface area contributed by atoms with Crippen LogP contribution in [0.5, 0.6) is 0 Å². The lowest BCUT2D eigenvalue weighted by molar-refractivity contribution is -0.384. The number of nitro groups is 1. The highest BCUT2D eigenvalue weighted by atomic mass is 16.6. The van der Waals surface area contributed by atoms with Crippen molar-refractivity contribution in [3.05, 3.63) is 81.2 Å². The highest BCUT2D eigenvalue weighted by molar-refractivity contribution is 5.93. The van der Waals surface area contributed by atoms with E-state index in [4.69, 9.17) is 0 Å². The van der Waals surface area contributed by atoms with Gasteiger partial charge in [-0.3, -0.25) is 14.9 Å². The van der Waals surface area contributed by atoms with Gasteiger partial charge in [0.1, 0.15) is 0 Å². The third kappa shape index (κ3) is 4.05. The first kappa shape index (κ1) is 20.7. The summed E-state index contributed by atoms with van der Waals surface area (Å²) in [6.07, 6.45) is 4.36. The number of carbonyl (C=O) groups is 1. The molecule has 3 aromatic rings. The zero-order chi connectivity index (χ0) is 22.0. The zero-order valence-corrected chi connectivity index (χ0v) is 17.7. The maximum Gasteiger partial charge on any atom is 0.273 e. The van der Waals surface area contributed by atoms with Crippen molar-refractivity contribution in [3.63, 3.8) is 0 Å². The molecule has 0 radical (unpaired) electrons. The number of hydrogen-bond donors (Lipinski definition) is 1. The average Bonchev–Trinajstić information content (AvgIpc) is 3.40. The molecule has 160 valence electrons. The topological polar surface area (TPSA) is 103 Å². The van der Waals surface area contributed by atoms with Gasteiger partial charge >= 0.3 is 0 Å². The van der Waals surface area contributed by atoms with Crippen LogP contribution in [0.15, 0.2) is 48.5 Å². The Hall–Kier alpha value is -3.55. The molecule has 8 nitrogen and oxygen atoms in total. The van der Waals surface area contributed by atoms with E-state index in [9.17, 15) is 14.9 Å². The first-order valence-electron chi connectivity index (χ1n) is 10.4. The molecule has 1 amide bonds. The van der Waals surface area contributed by atoms with Gasteiger partial charge in [0.15, 0.2) is 5.69 Å². The molecule has 0 atom stereocenters. The Kier molecular flexibility index (Phi) is 5.54. The second kappa shape index (κ2) is 8.29. The molecular weight excluding hydrogens is 394 g/mol. The Morgan fingerprint density at radius 2 is 1.90 bits per heavy atom. The summed E-state index contributed by atoms with van der Waals surface area (Å²) in [4.78, 5) is 23.5. The minimum atomic E-state index is -0.463. The van der Waals surface area contributed by atoms with Crippen LogP contribution in [0.25, 0.3) is 5.69 Å². The number of hydrogen-bond acceptors (Lipinski definition) is 5. The number of benzene rings is 2. The van der Waals surface area contributed by atoms with E-state index in [2.05, 4.69) is 46.8 Å². The number of nitrogens with zero attached hydrogens (tertiary/aromatic N) is 4. The molecule has 1 saturated carbocycles. The SMILES string of the molecule is Cc1cccc(C2(CNC(=O)c3nnn(-c4cccc([N+](=O)[O-])c4)c3C)CCCC2)c1. The van der Waals surface area contributed by atoms with Gasteiger partial charge in [-0.2, -0.15) is 0 Å². The Bertz CT molecular complexity index is 1130. The van der Waals surface area contributed by atoms with Crippen LogP contribution in [-0.2, 0) is 5.41 Å². The summed E-state index contributed by atoms with van der Waals surface area (Å²) in [5, 5.41) is 22.2. The summed E-state index contributed by atoms with van der Waals surface area (Å²) in [5.41, 5.74) is 3.63. The molecule has 2 aromatic carbocycles. The van der Waals surface area contributed by atoms with E-state index >= 15 is 0 Å². The largest absolute Gasteiger partial charge is 0.350 e. The molecule has 4 rings (SSSR count). The van der Waals surface area contributed by atoms with Crippen molar-refractivity contribution >= 4 is 11.6 Å². The van der Waals surface area contributed by atoms with Crippen LogP contribution in [0.2, 0.25) is 0 Å². The molecule has 1 N–H and O–H groups in total. The number of aromatic nitrogens is 3. The van der Waals surface area contributed by atoms with Crippen molar-refractivity contribution in [2.75, 3.05) is 6.54 Å². The summed E-state index contributed by atoms with van der Waals surface area (Å²) in [5.74, 6) is -0.284. The Balaban J connectivity index is 1.54. The van der Waals surface area contributed by atoms with Crippen LogP contribution in [0, 0.1) is 24.0 Å². The van der Waals surface area contributed by atoms with Crippen LogP contribution in [0.3, 0.4) is 0 Å². The highest BCUT2D eigenvalue weighted by Crippen LogP contribution is 2.41. The number of nitrogens with one attached hydrogen (secondary N) is 1.